The van der Waals surface area contributed by atoms with E-state index in [1.807, 2.05) is 32.9 Å². The second kappa shape index (κ2) is 9.66. The van der Waals surface area contributed by atoms with Crippen LogP contribution in [-0.2, 0) is 16.4 Å². The maximum absolute atomic E-state index is 13.0. The number of anilines is 1. The molecule has 1 aromatic carbocycles. The zero-order chi connectivity index (χ0) is 23.6. The molecule has 7 nitrogen and oxygen atoms in total. The largest absolute Gasteiger partial charge is 0.354 e. The van der Waals surface area contributed by atoms with E-state index in [0.717, 1.165) is 38.9 Å². The summed E-state index contributed by atoms with van der Waals surface area (Å²) in [5, 5.41) is 0. The Labute approximate surface area is 201 Å². The van der Waals surface area contributed by atoms with Gasteiger partial charge in [0.1, 0.15) is 5.69 Å². The highest BCUT2D eigenvalue weighted by Gasteiger charge is 2.26. The quantitative estimate of drug-likeness (QED) is 0.281. The molecular formula is C23H24N4O3S3. The summed E-state index contributed by atoms with van der Waals surface area (Å²) >= 11 is 3.16. The first kappa shape index (κ1) is 23.5. The minimum atomic E-state index is -3.88. The number of fused-ring (bicyclic) bond motifs is 1. The van der Waals surface area contributed by atoms with E-state index in [0.29, 0.717) is 5.69 Å². The predicted octanol–water partition coefficient (Wildman–Crippen LogP) is 4.58. The van der Waals surface area contributed by atoms with Crippen molar-refractivity contribution in [1.82, 2.24) is 14.5 Å². The number of aromatic nitrogens is 3. The number of nitrogens with one attached hydrogen (secondary N) is 1. The third kappa shape index (κ3) is 5.13. The summed E-state index contributed by atoms with van der Waals surface area (Å²) in [6.45, 7) is 5.69. The first-order chi connectivity index (χ1) is 15.8. The third-order valence-corrected chi connectivity index (χ3v) is 9.17. The summed E-state index contributed by atoms with van der Waals surface area (Å²) in [6, 6.07) is 10.6. The van der Waals surface area contributed by atoms with E-state index in [1.165, 1.54) is 10.1 Å². The lowest BCUT2D eigenvalue weighted by molar-refractivity contribution is 0.601. The highest BCUT2D eigenvalue weighted by molar-refractivity contribution is 8.01. The molecule has 3 heterocycles. The number of pyridine rings is 1. The zero-order valence-electron chi connectivity index (χ0n) is 18.5. The Morgan fingerprint density at radius 1 is 1.06 bits per heavy atom. The normalized spacial score (nSPS) is 11.7. The monoisotopic (exact) mass is 500 g/mol. The summed E-state index contributed by atoms with van der Waals surface area (Å²) in [5.41, 5.74) is 2.96. The van der Waals surface area contributed by atoms with Crippen LogP contribution < -0.4 is 10.4 Å². The molecule has 0 atom stereocenters. The summed E-state index contributed by atoms with van der Waals surface area (Å²) in [5.74, 6) is 0.886. The number of rotatable bonds is 8. The number of aryl methyl sites for hydroxylation is 3. The van der Waals surface area contributed by atoms with E-state index in [2.05, 4.69) is 14.7 Å². The molecule has 33 heavy (non-hydrogen) atoms. The number of hydrogen-bond acceptors (Lipinski definition) is 7. The second-order valence-corrected chi connectivity index (χ2v) is 12.0. The van der Waals surface area contributed by atoms with Gasteiger partial charge in [-0.15, -0.1) is 23.1 Å². The van der Waals surface area contributed by atoms with Gasteiger partial charge in [-0.05, 0) is 69.2 Å². The van der Waals surface area contributed by atoms with Crippen LogP contribution in [0.2, 0.25) is 0 Å². The number of imidazole rings is 1. The molecule has 0 fully saturated rings. The van der Waals surface area contributed by atoms with Gasteiger partial charge in [0, 0.05) is 23.0 Å². The topological polar surface area (TPSA) is 94.0 Å². The number of thioether (sulfide) groups is 1. The Morgan fingerprint density at radius 2 is 1.76 bits per heavy atom. The fourth-order valence-corrected chi connectivity index (χ4v) is 6.85. The van der Waals surface area contributed by atoms with E-state index < -0.39 is 15.7 Å². The summed E-state index contributed by atoms with van der Waals surface area (Å²) in [4.78, 5) is 21.9. The van der Waals surface area contributed by atoms with E-state index in [4.69, 9.17) is 0 Å². The van der Waals surface area contributed by atoms with Crippen LogP contribution in [0, 0.1) is 20.8 Å². The first-order valence-corrected chi connectivity index (χ1v) is 13.7. The Hall–Kier alpha value is -2.69. The summed E-state index contributed by atoms with van der Waals surface area (Å²) in [6.07, 6.45) is 5.42. The van der Waals surface area contributed by atoms with Crippen molar-refractivity contribution in [3.63, 3.8) is 0 Å². The van der Waals surface area contributed by atoms with Crippen LogP contribution in [0.3, 0.4) is 0 Å². The molecule has 0 spiro atoms. The van der Waals surface area contributed by atoms with Gasteiger partial charge < -0.3 is 0 Å². The molecule has 0 aliphatic carbocycles. The van der Waals surface area contributed by atoms with Crippen molar-refractivity contribution in [2.45, 2.75) is 42.7 Å². The second-order valence-electron chi connectivity index (χ2n) is 7.68. The predicted molar refractivity (Wildman–Crippen MR) is 134 cm³/mol. The maximum atomic E-state index is 13.0. The molecule has 0 amide bonds. The average Bonchev–Trinajstić information content (AvgIpc) is 3.11. The minimum absolute atomic E-state index is 0.0663. The van der Waals surface area contributed by atoms with Gasteiger partial charge in [0.15, 0.2) is 5.82 Å². The molecule has 1 N–H and O–H groups in total. The van der Waals surface area contributed by atoms with Crippen LogP contribution in [0.4, 0.5) is 5.82 Å². The highest BCUT2D eigenvalue weighted by Crippen LogP contribution is 2.38. The number of nitrogens with zero attached hydrogens (tertiary/aromatic N) is 3. The molecule has 0 unspecified atom stereocenters. The smallest absolute Gasteiger partial charge is 0.265 e. The molecule has 2 aliphatic rings. The van der Waals surface area contributed by atoms with E-state index >= 15 is 0 Å². The van der Waals surface area contributed by atoms with Crippen LogP contribution >= 0.6 is 23.1 Å². The number of sulfonamides is 1. The van der Waals surface area contributed by atoms with Gasteiger partial charge >= 0.3 is 5.69 Å². The molecular weight excluding hydrogens is 476 g/mol. The van der Waals surface area contributed by atoms with E-state index in [-0.39, 0.29) is 10.7 Å². The Morgan fingerprint density at radius 3 is 2.45 bits per heavy atom. The molecule has 2 aromatic rings. The van der Waals surface area contributed by atoms with Crippen molar-refractivity contribution in [2.24, 2.45) is 0 Å². The molecule has 1 aromatic heterocycles. The summed E-state index contributed by atoms with van der Waals surface area (Å²) < 4.78 is 30.9. The van der Waals surface area contributed by atoms with Gasteiger partial charge in [-0.2, -0.15) is 4.98 Å². The van der Waals surface area contributed by atoms with Crippen molar-refractivity contribution >= 4 is 38.9 Å². The average molecular weight is 501 g/mol. The SMILES string of the molecule is Cc1ccc(S(=O)(=O)Nc2nc(=O)n3c(C)c(C)sc(SCCCc4ccncc4)c2-3)cc1. The van der Waals surface area contributed by atoms with Gasteiger partial charge in [-0.25, -0.2) is 13.2 Å². The molecule has 4 rings (SSSR count). The van der Waals surface area contributed by atoms with Crippen molar-refractivity contribution in [1.29, 1.82) is 0 Å². The lowest BCUT2D eigenvalue weighted by Crippen LogP contribution is -2.17. The van der Waals surface area contributed by atoms with Gasteiger partial charge in [0.2, 0.25) is 0 Å². The molecule has 0 saturated heterocycles. The van der Waals surface area contributed by atoms with Crippen molar-refractivity contribution in [3.05, 3.63) is 81.0 Å². The number of benzene rings is 1. The minimum Gasteiger partial charge on any atom is -0.265 e. The highest BCUT2D eigenvalue weighted by atomic mass is 32.2. The van der Waals surface area contributed by atoms with Crippen LogP contribution in [0.1, 0.15) is 28.1 Å². The van der Waals surface area contributed by atoms with E-state index in [1.54, 1.807) is 59.8 Å². The van der Waals surface area contributed by atoms with Gasteiger partial charge in [0.05, 0.1) is 9.10 Å². The molecule has 0 saturated carbocycles. The number of hydrogen-bond donors (Lipinski definition) is 1. The lowest BCUT2D eigenvalue weighted by Gasteiger charge is -2.16. The van der Waals surface area contributed by atoms with Crippen molar-refractivity contribution in [2.75, 3.05) is 10.5 Å². The lowest BCUT2D eigenvalue weighted by atomic mass is 10.2. The molecule has 2 aliphatic heterocycles. The maximum Gasteiger partial charge on any atom is 0.354 e. The Bertz CT molecular complexity index is 1400. The van der Waals surface area contributed by atoms with Gasteiger partial charge in [0.25, 0.3) is 10.0 Å². The van der Waals surface area contributed by atoms with Crippen LogP contribution in [0.5, 0.6) is 0 Å². The van der Waals surface area contributed by atoms with Gasteiger partial charge in [-0.3, -0.25) is 14.3 Å². The van der Waals surface area contributed by atoms with Crippen molar-refractivity contribution in [3.8, 4) is 5.69 Å². The Balaban J connectivity index is 1.63. The van der Waals surface area contributed by atoms with Crippen LogP contribution in [-0.4, -0.2) is 28.7 Å². The zero-order valence-corrected chi connectivity index (χ0v) is 21.0. The third-order valence-electron chi connectivity index (χ3n) is 5.29. The standard InChI is InChI=1S/C23H24N4O3S3/c1-15-6-8-19(9-7-15)33(29,30)26-21-20-22(31-14-4-5-18-10-12-24-13-11-18)32-17(3)16(2)27(20)23(28)25-21/h6-13H,4-5,14H2,1-3H3,(H,25,26,28). The fourth-order valence-electron chi connectivity index (χ4n) is 3.38. The first-order valence-electron chi connectivity index (χ1n) is 10.4. The van der Waals surface area contributed by atoms with E-state index in [9.17, 15) is 13.2 Å². The van der Waals surface area contributed by atoms with Crippen LogP contribution in [0.15, 0.2) is 62.7 Å². The fraction of sp³-hybridized carbons (Fsp3) is 0.261. The molecule has 0 bridgehead atoms. The molecule has 172 valence electrons. The Kier molecular flexibility index (Phi) is 6.87. The summed E-state index contributed by atoms with van der Waals surface area (Å²) in [7, 11) is -3.88. The molecule has 0 radical (unpaired) electrons. The molecule has 10 heteroatoms. The van der Waals surface area contributed by atoms with Crippen LogP contribution in [0.25, 0.3) is 5.69 Å². The van der Waals surface area contributed by atoms with Gasteiger partial charge in [-0.1, -0.05) is 17.7 Å². The van der Waals surface area contributed by atoms with Crippen molar-refractivity contribution < 1.29 is 8.42 Å².